The fourth-order valence-electron chi connectivity index (χ4n) is 1.68. The highest BCUT2D eigenvalue weighted by Crippen LogP contribution is 2.20. The van der Waals surface area contributed by atoms with Gasteiger partial charge in [0.05, 0.1) is 6.10 Å². The molecule has 1 aromatic heterocycles. The Morgan fingerprint density at radius 2 is 1.90 bits per heavy atom. The first kappa shape index (κ1) is 13.9. The number of aromatic carboxylic acids is 1. The van der Waals surface area contributed by atoms with E-state index in [0.717, 1.165) is 11.4 Å². The predicted molar refractivity (Wildman–Crippen MR) is 76.7 cm³/mol. The average molecular weight is 272 g/mol. The van der Waals surface area contributed by atoms with E-state index < -0.39 is 5.97 Å². The molecule has 0 radical (unpaired) electrons. The minimum Gasteiger partial charge on any atom is -0.491 e. The highest BCUT2D eigenvalue weighted by Gasteiger charge is 2.05. The smallest absolute Gasteiger partial charge is 0.354 e. The van der Waals surface area contributed by atoms with E-state index >= 15 is 0 Å². The number of aromatic nitrogens is 1. The standard InChI is InChI=1S/C15H16N2O3/c1-10(2)20-13-5-3-11(4-6-13)17-12-7-8-16-14(9-12)15(18)19/h3-10H,1-2H3,(H,16,17)(H,18,19). The summed E-state index contributed by atoms with van der Waals surface area (Å²) in [4.78, 5) is 14.6. The molecule has 2 N–H and O–H groups in total. The van der Waals surface area contributed by atoms with Gasteiger partial charge in [-0.1, -0.05) is 0 Å². The number of nitrogens with zero attached hydrogens (tertiary/aromatic N) is 1. The van der Waals surface area contributed by atoms with Crippen molar-refractivity contribution >= 4 is 17.3 Å². The lowest BCUT2D eigenvalue weighted by atomic mass is 10.2. The van der Waals surface area contributed by atoms with Crippen molar-refractivity contribution in [2.45, 2.75) is 20.0 Å². The maximum Gasteiger partial charge on any atom is 0.354 e. The Hall–Kier alpha value is -2.56. The summed E-state index contributed by atoms with van der Waals surface area (Å²) in [6.45, 7) is 3.94. The van der Waals surface area contributed by atoms with E-state index in [1.54, 1.807) is 6.07 Å². The van der Waals surface area contributed by atoms with Gasteiger partial charge in [0.2, 0.25) is 0 Å². The van der Waals surface area contributed by atoms with Crippen LogP contribution in [0.4, 0.5) is 11.4 Å². The molecule has 0 spiro atoms. The Kier molecular flexibility index (Phi) is 4.20. The summed E-state index contributed by atoms with van der Waals surface area (Å²) in [7, 11) is 0. The number of rotatable bonds is 5. The number of anilines is 2. The fourth-order valence-corrected chi connectivity index (χ4v) is 1.68. The van der Waals surface area contributed by atoms with Crippen LogP contribution < -0.4 is 10.1 Å². The molecule has 0 amide bonds. The molecule has 0 saturated carbocycles. The molecule has 0 atom stereocenters. The number of hydrogen-bond acceptors (Lipinski definition) is 4. The van der Waals surface area contributed by atoms with Crippen molar-refractivity contribution in [2.24, 2.45) is 0 Å². The third kappa shape index (κ3) is 3.71. The highest BCUT2D eigenvalue weighted by atomic mass is 16.5. The second kappa shape index (κ2) is 6.06. The van der Waals surface area contributed by atoms with E-state index in [0.29, 0.717) is 5.69 Å². The van der Waals surface area contributed by atoms with E-state index in [9.17, 15) is 4.79 Å². The molecule has 0 bridgehead atoms. The van der Waals surface area contributed by atoms with Crippen LogP contribution in [-0.2, 0) is 0 Å². The van der Waals surface area contributed by atoms with Gasteiger partial charge in [0, 0.05) is 17.6 Å². The van der Waals surface area contributed by atoms with Crippen molar-refractivity contribution in [1.29, 1.82) is 0 Å². The Balaban J connectivity index is 2.10. The number of benzene rings is 1. The molecule has 0 saturated heterocycles. The number of carboxylic acid groups (broad SMARTS) is 1. The summed E-state index contributed by atoms with van der Waals surface area (Å²) in [6, 6.07) is 10.7. The van der Waals surface area contributed by atoms with Gasteiger partial charge in [-0.2, -0.15) is 0 Å². The zero-order valence-electron chi connectivity index (χ0n) is 11.3. The summed E-state index contributed by atoms with van der Waals surface area (Å²) in [5.41, 5.74) is 1.54. The maximum absolute atomic E-state index is 10.8. The average Bonchev–Trinajstić information content (AvgIpc) is 2.41. The molecule has 1 aromatic carbocycles. The van der Waals surface area contributed by atoms with Crippen molar-refractivity contribution in [3.8, 4) is 5.75 Å². The summed E-state index contributed by atoms with van der Waals surface area (Å²) in [6.07, 6.45) is 1.59. The number of carboxylic acids is 1. The molecule has 0 aliphatic carbocycles. The largest absolute Gasteiger partial charge is 0.491 e. The first-order valence-electron chi connectivity index (χ1n) is 6.27. The molecule has 0 aliphatic rings. The normalized spacial score (nSPS) is 10.3. The topological polar surface area (TPSA) is 71.5 Å². The van der Waals surface area contributed by atoms with Crippen LogP contribution in [-0.4, -0.2) is 22.2 Å². The molecule has 0 fully saturated rings. The molecule has 5 nitrogen and oxygen atoms in total. The van der Waals surface area contributed by atoms with Gasteiger partial charge in [0.1, 0.15) is 11.4 Å². The first-order chi connectivity index (χ1) is 9.54. The lowest BCUT2D eigenvalue weighted by Crippen LogP contribution is -2.05. The summed E-state index contributed by atoms with van der Waals surface area (Å²) < 4.78 is 5.55. The van der Waals surface area contributed by atoms with Crippen LogP contribution in [0.3, 0.4) is 0 Å². The van der Waals surface area contributed by atoms with Crippen molar-refractivity contribution in [2.75, 3.05) is 5.32 Å². The molecule has 104 valence electrons. The summed E-state index contributed by atoms with van der Waals surface area (Å²) >= 11 is 0. The maximum atomic E-state index is 10.8. The molecular formula is C15H16N2O3. The number of carbonyl (C=O) groups is 1. The first-order valence-corrected chi connectivity index (χ1v) is 6.27. The van der Waals surface area contributed by atoms with Crippen molar-refractivity contribution < 1.29 is 14.6 Å². The van der Waals surface area contributed by atoms with E-state index in [1.165, 1.54) is 12.3 Å². The Morgan fingerprint density at radius 3 is 2.50 bits per heavy atom. The van der Waals surface area contributed by atoms with Gasteiger partial charge < -0.3 is 15.2 Å². The molecule has 20 heavy (non-hydrogen) atoms. The third-order valence-electron chi connectivity index (χ3n) is 2.49. The summed E-state index contributed by atoms with van der Waals surface area (Å²) in [5.74, 6) is -0.249. The Labute approximate surface area is 117 Å². The third-order valence-corrected chi connectivity index (χ3v) is 2.49. The van der Waals surface area contributed by atoms with Gasteiger partial charge in [-0.05, 0) is 50.2 Å². The Morgan fingerprint density at radius 1 is 1.20 bits per heavy atom. The van der Waals surface area contributed by atoms with E-state index in [1.807, 2.05) is 38.1 Å². The molecular weight excluding hydrogens is 256 g/mol. The number of ether oxygens (including phenoxy) is 1. The number of nitrogens with one attached hydrogen (secondary N) is 1. The lowest BCUT2D eigenvalue weighted by Gasteiger charge is -2.11. The monoisotopic (exact) mass is 272 g/mol. The zero-order chi connectivity index (χ0) is 14.5. The molecule has 0 aliphatic heterocycles. The van der Waals surface area contributed by atoms with Crippen LogP contribution >= 0.6 is 0 Å². The van der Waals surface area contributed by atoms with Crippen LogP contribution in [0, 0.1) is 0 Å². The van der Waals surface area contributed by atoms with Gasteiger partial charge >= 0.3 is 5.97 Å². The quantitative estimate of drug-likeness (QED) is 0.873. The van der Waals surface area contributed by atoms with Crippen LogP contribution in [0.15, 0.2) is 42.6 Å². The molecule has 0 unspecified atom stereocenters. The number of pyridine rings is 1. The second-order valence-electron chi connectivity index (χ2n) is 4.55. The summed E-state index contributed by atoms with van der Waals surface area (Å²) in [5, 5.41) is 12.0. The fraction of sp³-hybridized carbons (Fsp3) is 0.200. The molecule has 2 rings (SSSR count). The van der Waals surface area contributed by atoms with E-state index in [2.05, 4.69) is 10.3 Å². The van der Waals surface area contributed by atoms with Gasteiger partial charge in [0.15, 0.2) is 0 Å². The lowest BCUT2D eigenvalue weighted by molar-refractivity contribution is 0.0690. The molecule has 5 heteroatoms. The number of hydrogen-bond donors (Lipinski definition) is 2. The van der Waals surface area contributed by atoms with E-state index in [4.69, 9.17) is 9.84 Å². The molecule has 2 aromatic rings. The van der Waals surface area contributed by atoms with E-state index in [-0.39, 0.29) is 11.8 Å². The minimum absolute atomic E-state index is 0.00904. The van der Waals surface area contributed by atoms with Crippen molar-refractivity contribution in [3.05, 3.63) is 48.3 Å². The van der Waals surface area contributed by atoms with Crippen molar-refractivity contribution in [3.63, 3.8) is 0 Å². The second-order valence-corrected chi connectivity index (χ2v) is 4.55. The van der Waals surface area contributed by atoms with Crippen LogP contribution in [0.1, 0.15) is 24.3 Å². The highest BCUT2D eigenvalue weighted by molar-refractivity contribution is 5.86. The zero-order valence-corrected chi connectivity index (χ0v) is 11.3. The predicted octanol–water partition coefficient (Wildman–Crippen LogP) is 3.31. The van der Waals surface area contributed by atoms with Gasteiger partial charge in [-0.15, -0.1) is 0 Å². The van der Waals surface area contributed by atoms with Crippen LogP contribution in [0.2, 0.25) is 0 Å². The van der Waals surface area contributed by atoms with Crippen molar-refractivity contribution in [1.82, 2.24) is 4.98 Å². The van der Waals surface area contributed by atoms with Gasteiger partial charge in [0.25, 0.3) is 0 Å². The van der Waals surface area contributed by atoms with Crippen LogP contribution in [0.25, 0.3) is 0 Å². The van der Waals surface area contributed by atoms with Crippen LogP contribution in [0.5, 0.6) is 5.75 Å². The Bertz CT molecular complexity index is 594. The van der Waals surface area contributed by atoms with Gasteiger partial charge in [-0.3, -0.25) is 0 Å². The SMILES string of the molecule is CC(C)Oc1ccc(Nc2ccnc(C(=O)O)c2)cc1. The molecule has 1 heterocycles. The van der Waals surface area contributed by atoms with Gasteiger partial charge in [-0.25, -0.2) is 9.78 Å². The minimum atomic E-state index is -1.05.